The lowest BCUT2D eigenvalue weighted by molar-refractivity contribution is 0.206. The summed E-state index contributed by atoms with van der Waals surface area (Å²) in [5, 5.41) is 26.5. The fourth-order valence-electron chi connectivity index (χ4n) is 1.54. The van der Waals surface area contributed by atoms with E-state index < -0.39 is 0 Å². The van der Waals surface area contributed by atoms with E-state index in [4.69, 9.17) is 5.11 Å². The van der Waals surface area contributed by atoms with Gasteiger partial charge in [0.05, 0.1) is 5.54 Å². The lowest BCUT2D eigenvalue weighted by Crippen LogP contribution is -2.64. The van der Waals surface area contributed by atoms with Gasteiger partial charge >= 0.3 is 0 Å². The topological polar surface area (TPSA) is 87.9 Å². The second-order valence-corrected chi connectivity index (χ2v) is 3.61. The molecule has 1 aliphatic rings. The van der Waals surface area contributed by atoms with Crippen molar-refractivity contribution in [3.05, 3.63) is 0 Å². The number of tetrazole rings is 1. The summed E-state index contributed by atoms with van der Waals surface area (Å²) in [5.74, 6) is 0.639. The first-order chi connectivity index (χ1) is 6.76. The van der Waals surface area contributed by atoms with Gasteiger partial charge in [0.2, 0.25) is 5.95 Å². The molecule has 2 heterocycles. The third-order valence-electron chi connectivity index (χ3n) is 2.51. The van der Waals surface area contributed by atoms with Crippen molar-refractivity contribution in [3.63, 3.8) is 0 Å². The minimum atomic E-state index is -0.0861. The first-order valence-corrected chi connectivity index (χ1v) is 4.58. The van der Waals surface area contributed by atoms with Gasteiger partial charge in [0.15, 0.2) is 0 Å². The van der Waals surface area contributed by atoms with Crippen LogP contribution in [0.2, 0.25) is 0 Å². The zero-order valence-electron chi connectivity index (χ0n) is 8.06. The molecule has 14 heavy (non-hydrogen) atoms. The molecule has 0 amide bonds. The Kier molecular flexibility index (Phi) is 2.34. The third kappa shape index (κ3) is 1.55. The molecule has 1 saturated heterocycles. The van der Waals surface area contributed by atoms with E-state index in [1.54, 1.807) is 11.7 Å². The molecule has 0 aliphatic carbocycles. The summed E-state index contributed by atoms with van der Waals surface area (Å²) >= 11 is 0. The summed E-state index contributed by atoms with van der Waals surface area (Å²) in [5.41, 5.74) is -0.0861. The molecule has 0 atom stereocenters. The van der Waals surface area contributed by atoms with Crippen LogP contribution in [0.15, 0.2) is 0 Å². The molecule has 0 unspecified atom stereocenters. The first kappa shape index (κ1) is 9.35. The van der Waals surface area contributed by atoms with Gasteiger partial charge in [-0.3, -0.25) is 0 Å². The molecule has 2 rings (SSSR count). The average Bonchev–Trinajstić information content (AvgIpc) is 2.48. The Hall–Kier alpha value is -1.21. The van der Waals surface area contributed by atoms with Crippen LogP contribution >= 0.6 is 0 Å². The lowest BCUT2D eigenvalue weighted by atomic mass is 9.89. The van der Waals surface area contributed by atoms with Crippen LogP contribution in [-0.4, -0.2) is 50.5 Å². The highest BCUT2D eigenvalue weighted by Gasteiger charge is 2.37. The maximum atomic E-state index is 8.94. The Labute approximate surface area is 81.5 Å². The van der Waals surface area contributed by atoms with Crippen LogP contribution in [0.5, 0.6) is 0 Å². The molecule has 1 fully saturated rings. The summed E-state index contributed by atoms with van der Waals surface area (Å²) in [6.45, 7) is 1.83. The average molecular weight is 198 g/mol. The Bertz CT molecular complexity index is 307. The van der Waals surface area contributed by atoms with Crippen LogP contribution in [0.1, 0.15) is 6.42 Å². The SMILES string of the molecule is Cn1nnnc1NC1(CCO)CNC1. The van der Waals surface area contributed by atoms with Crippen molar-refractivity contribution in [2.45, 2.75) is 12.0 Å². The Morgan fingerprint density at radius 3 is 2.86 bits per heavy atom. The van der Waals surface area contributed by atoms with Crippen LogP contribution in [0.3, 0.4) is 0 Å². The highest BCUT2D eigenvalue weighted by Crippen LogP contribution is 2.20. The van der Waals surface area contributed by atoms with E-state index in [-0.39, 0.29) is 12.1 Å². The Morgan fingerprint density at radius 1 is 1.64 bits per heavy atom. The summed E-state index contributed by atoms with van der Waals surface area (Å²) in [7, 11) is 1.78. The second kappa shape index (κ2) is 3.50. The zero-order valence-corrected chi connectivity index (χ0v) is 8.06. The molecule has 0 bridgehead atoms. The number of nitrogens with one attached hydrogen (secondary N) is 2. The molecule has 0 spiro atoms. The maximum Gasteiger partial charge on any atom is 0.243 e. The van der Waals surface area contributed by atoms with Gasteiger partial charge in [-0.05, 0) is 16.8 Å². The molecule has 78 valence electrons. The standard InChI is InChI=1S/C7H14N6O/c1-13-6(10-11-12-13)9-7(2-3-14)4-8-5-7/h8,14H,2-5H2,1H3,(H,9,10,12). The number of hydrogen-bond donors (Lipinski definition) is 3. The molecule has 0 radical (unpaired) electrons. The van der Waals surface area contributed by atoms with E-state index >= 15 is 0 Å². The molecule has 1 aromatic heterocycles. The minimum absolute atomic E-state index is 0.0861. The summed E-state index contributed by atoms with van der Waals surface area (Å²) in [6.07, 6.45) is 0.701. The van der Waals surface area contributed by atoms with Gasteiger partial charge in [0, 0.05) is 26.7 Å². The van der Waals surface area contributed by atoms with Gasteiger partial charge in [-0.15, -0.1) is 0 Å². The van der Waals surface area contributed by atoms with E-state index in [0.717, 1.165) is 13.1 Å². The van der Waals surface area contributed by atoms with Crippen LogP contribution in [0.25, 0.3) is 0 Å². The zero-order chi connectivity index (χ0) is 10.0. The number of aliphatic hydroxyl groups excluding tert-OH is 1. The Balaban J connectivity index is 2.05. The number of rotatable bonds is 4. The third-order valence-corrected chi connectivity index (χ3v) is 2.51. The predicted octanol–water partition coefficient (Wildman–Crippen LogP) is -1.65. The number of hydrogen-bond acceptors (Lipinski definition) is 6. The quantitative estimate of drug-likeness (QED) is 0.537. The van der Waals surface area contributed by atoms with Crippen molar-refractivity contribution < 1.29 is 5.11 Å². The first-order valence-electron chi connectivity index (χ1n) is 4.58. The molecule has 0 aromatic carbocycles. The van der Waals surface area contributed by atoms with Crippen molar-refractivity contribution in [1.82, 2.24) is 25.5 Å². The van der Waals surface area contributed by atoms with Gasteiger partial charge in [-0.2, -0.15) is 0 Å². The normalized spacial score (nSPS) is 19.0. The lowest BCUT2D eigenvalue weighted by Gasteiger charge is -2.42. The van der Waals surface area contributed by atoms with Crippen molar-refractivity contribution in [2.75, 3.05) is 25.0 Å². The number of aliphatic hydroxyl groups is 1. The number of anilines is 1. The van der Waals surface area contributed by atoms with Crippen molar-refractivity contribution >= 4 is 5.95 Å². The molecular formula is C7H14N6O. The Morgan fingerprint density at radius 2 is 2.43 bits per heavy atom. The number of aryl methyl sites for hydroxylation is 1. The van der Waals surface area contributed by atoms with Crippen LogP contribution < -0.4 is 10.6 Å². The molecule has 1 aromatic rings. The fraction of sp³-hybridized carbons (Fsp3) is 0.857. The van der Waals surface area contributed by atoms with Crippen LogP contribution in [0.4, 0.5) is 5.95 Å². The summed E-state index contributed by atoms with van der Waals surface area (Å²) in [4.78, 5) is 0. The summed E-state index contributed by atoms with van der Waals surface area (Å²) < 4.78 is 1.58. The van der Waals surface area contributed by atoms with Crippen molar-refractivity contribution in [2.24, 2.45) is 7.05 Å². The van der Waals surface area contributed by atoms with Gasteiger partial charge in [0.1, 0.15) is 0 Å². The van der Waals surface area contributed by atoms with E-state index in [1.165, 1.54) is 0 Å². The van der Waals surface area contributed by atoms with Crippen LogP contribution in [0, 0.1) is 0 Å². The van der Waals surface area contributed by atoms with E-state index in [0.29, 0.717) is 12.4 Å². The number of nitrogens with zero attached hydrogens (tertiary/aromatic N) is 4. The molecule has 0 saturated carbocycles. The maximum absolute atomic E-state index is 8.94. The number of aromatic nitrogens is 4. The van der Waals surface area contributed by atoms with E-state index in [2.05, 4.69) is 26.2 Å². The van der Waals surface area contributed by atoms with Crippen molar-refractivity contribution in [1.29, 1.82) is 0 Å². The van der Waals surface area contributed by atoms with Crippen molar-refractivity contribution in [3.8, 4) is 0 Å². The summed E-state index contributed by atoms with van der Waals surface area (Å²) in [6, 6.07) is 0. The smallest absolute Gasteiger partial charge is 0.243 e. The van der Waals surface area contributed by atoms with Gasteiger partial charge in [-0.1, -0.05) is 5.10 Å². The molecule has 7 nitrogen and oxygen atoms in total. The highest BCUT2D eigenvalue weighted by atomic mass is 16.3. The monoisotopic (exact) mass is 198 g/mol. The fourth-order valence-corrected chi connectivity index (χ4v) is 1.54. The molecule has 7 heteroatoms. The van der Waals surface area contributed by atoms with Gasteiger partial charge in [-0.25, -0.2) is 4.68 Å². The van der Waals surface area contributed by atoms with Crippen LogP contribution in [-0.2, 0) is 7.05 Å². The van der Waals surface area contributed by atoms with Gasteiger partial charge < -0.3 is 15.7 Å². The largest absolute Gasteiger partial charge is 0.396 e. The molecular weight excluding hydrogens is 184 g/mol. The molecule has 3 N–H and O–H groups in total. The molecule has 1 aliphatic heterocycles. The second-order valence-electron chi connectivity index (χ2n) is 3.61. The minimum Gasteiger partial charge on any atom is -0.396 e. The van der Waals surface area contributed by atoms with E-state index in [1.807, 2.05) is 0 Å². The van der Waals surface area contributed by atoms with E-state index in [9.17, 15) is 0 Å². The van der Waals surface area contributed by atoms with Gasteiger partial charge in [0.25, 0.3) is 0 Å². The predicted molar refractivity (Wildman–Crippen MR) is 49.7 cm³/mol. The highest BCUT2D eigenvalue weighted by molar-refractivity contribution is 5.30.